The molecule has 4 heterocycles. The van der Waals surface area contributed by atoms with Gasteiger partial charge in [-0.2, -0.15) is 5.10 Å². The van der Waals surface area contributed by atoms with Gasteiger partial charge in [-0.05, 0) is 50.0 Å². The minimum Gasteiger partial charge on any atom is -0.465 e. The molecule has 1 atom stereocenters. The van der Waals surface area contributed by atoms with Gasteiger partial charge in [-0.25, -0.2) is 9.48 Å². The molecule has 3 fully saturated rings. The fourth-order valence-electron chi connectivity index (χ4n) is 4.76. The lowest BCUT2D eigenvalue weighted by atomic mass is 9.84. The predicted molar refractivity (Wildman–Crippen MR) is 125 cm³/mol. The van der Waals surface area contributed by atoms with Crippen LogP contribution in [0.4, 0.5) is 0 Å². The van der Waals surface area contributed by atoms with Crippen LogP contribution in [0.3, 0.4) is 0 Å². The van der Waals surface area contributed by atoms with E-state index in [1.54, 1.807) is 0 Å². The van der Waals surface area contributed by atoms with Crippen molar-refractivity contribution in [3.8, 4) is 0 Å². The molecule has 170 valence electrons. The zero-order valence-corrected chi connectivity index (χ0v) is 20.3. The fourth-order valence-corrected chi connectivity index (χ4v) is 5.52. The molecule has 0 radical (unpaired) electrons. The van der Waals surface area contributed by atoms with Gasteiger partial charge in [-0.15, -0.1) is 0 Å². The van der Waals surface area contributed by atoms with Gasteiger partial charge in [0.05, 0.1) is 23.9 Å². The Hall–Kier alpha value is -1.74. The number of aromatic nitrogens is 2. The number of carbonyl (C=O) groups is 1. The van der Waals surface area contributed by atoms with Crippen LogP contribution >= 0.6 is 0 Å². The first-order valence-corrected chi connectivity index (χ1v) is 15.2. The lowest BCUT2D eigenvalue weighted by Gasteiger charge is -2.45. The van der Waals surface area contributed by atoms with Crippen molar-refractivity contribution in [2.45, 2.75) is 57.8 Å². The van der Waals surface area contributed by atoms with Crippen LogP contribution in [0, 0.1) is 5.92 Å². The molecule has 0 amide bonds. The monoisotopic (exact) mass is 444 g/mol. The molecule has 1 N–H and O–H groups in total. The highest BCUT2D eigenvalue weighted by atomic mass is 28.3. The van der Waals surface area contributed by atoms with E-state index in [-0.39, 0.29) is 5.97 Å². The van der Waals surface area contributed by atoms with Crippen molar-refractivity contribution in [3.05, 3.63) is 29.5 Å². The first kappa shape index (κ1) is 22.5. The summed E-state index contributed by atoms with van der Waals surface area (Å²) < 4.78 is 12.9. The Labute approximate surface area is 186 Å². The number of hydrogen-bond acceptors (Lipinski definition) is 6. The van der Waals surface area contributed by atoms with Gasteiger partial charge in [-0.1, -0.05) is 25.7 Å². The molecule has 7 nitrogen and oxygen atoms in total. The Morgan fingerprint density at radius 1 is 1.26 bits per heavy atom. The molecule has 3 saturated heterocycles. The van der Waals surface area contributed by atoms with Crippen LogP contribution in [0.1, 0.15) is 28.9 Å². The summed E-state index contributed by atoms with van der Waals surface area (Å²) in [7, 11) is 0.286. The van der Waals surface area contributed by atoms with E-state index in [0.717, 1.165) is 41.7 Å². The van der Waals surface area contributed by atoms with E-state index < -0.39 is 8.07 Å². The van der Waals surface area contributed by atoms with Gasteiger partial charge in [-0.3, -0.25) is 0 Å². The van der Waals surface area contributed by atoms with Gasteiger partial charge in [0.25, 0.3) is 0 Å². The molecule has 1 aromatic heterocycles. The van der Waals surface area contributed by atoms with E-state index in [2.05, 4.69) is 29.9 Å². The number of fused-ring (bicyclic) bond motifs is 4. The van der Waals surface area contributed by atoms with E-state index in [4.69, 9.17) is 14.6 Å². The molecule has 8 heteroatoms. The number of carbonyl (C=O) groups excluding carboxylic acids is 1. The molecule has 0 aliphatic carbocycles. The van der Waals surface area contributed by atoms with Crippen LogP contribution in [0.15, 0.2) is 18.2 Å². The lowest BCUT2D eigenvalue weighted by molar-refractivity contribution is 0.0602. The molecule has 2 aromatic rings. The number of piperidine rings is 3. The zero-order valence-electron chi connectivity index (χ0n) is 19.3. The van der Waals surface area contributed by atoms with Crippen molar-refractivity contribution in [3.63, 3.8) is 0 Å². The molecule has 2 bridgehead atoms. The minimum atomic E-state index is -1.14. The highest BCUT2D eigenvalue weighted by Gasteiger charge is 2.34. The normalized spacial score (nSPS) is 23.4. The third-order valence-corrected chi connectivity index (χ3v) is 8.36. The van der Waals surface area contributed by atoms with E-state index >= 15 is 0 Å². The molecule has 0 unspecified atom stereocenters. The summed E-state index contributed by atoms with van der Waals surface area (Å²) in [6.07, 6.45) is 2.54. The topological polar surface area (TPSA) is 68.6 Å². The van der Waals surface area contributed by atoms with Crippen molar-refractivity contribution in [2.75, 3.05) is 33.4 Å². The molecule has 0 spiro atoms. The summed E-state index contributed by atoms with van der Waals surface area (Å²) in [4.78, 5) is 15.0. The van der Waals surface area contributed by atoms with Crippen LogP contribution in [-0.4, -0.2) is 68.1 Å². The van der Waals surface area contributed by atoms with Gasteiger partial charge >= 0.3 is 5.97 Å². The number of nitrogens with one attached hydrogen (secondary N) is 1. The van der Waals surface area contributed by atoms with Crippen LogP contribution in [0.2, 0.25) is 25.7 Å². The van der Waals surface area contributed by atoms with Crippen molar-refractivity contribution < 1.29 is 14.3 Å². The Morgan fingerprint density at radius 3 is 2.68 bits per heavy atom. The standard InChI is InChI=1S/C23H36N4O3Si/c1-29-23(28)18-6-5-7-21-22(18)19(25-27(21)16-30-12-13-31(2,3)4)14-24-20-15-26-10-8-17(20)9-11-26/h5-7,17,20,24H,8-16H2,1-4H3/t20-/m1/s1. The van der Waals surface area contributed by atoms with E-state index in [1.165, 1.54) is 33.0 Å². The Balaban J connectivity index is 1.54. The van der Waals surface area contributed by atoms with Crippen molar-refractivity contribution in [1.82, 2.24) is 20.0 Å². The highest BCUT2D eigenvalue weighted by Crippen LogP contribution is 2.29. The molecule has 3 aliphatic rings. The number of ether oxygens (including phenoxy) is 2. The third kappa shape index (κ3) is 5.19. The number of methoxy groups -OCH3 is 1. The summed E-state index contributed by atoms with van der Waals surface area (Å²) in [5.41, 5.74) is 2.38. The number of nitrogens with zero attached hydrogens (tertiary/aromatic N) is 3. The Bertz CT molecular complexity index is 915. The summed E-state index contributed by atoms with van der Waals surface area (Å²) in [5.74, 6) is 0.414. The van der Waals surface area contributed by atoms with Crippen molar-refractivity contribution >= 4 is 24.9 Å². The molecule has 5 rings (SSSR count). The predicted octanol–water partition coefficient (Wildman–Crippen LogP) is 3.32. The van der Waals surface area contributed by atoms with Crippen LogP contribution in [0.25, 0.3) is 10.9 Å². The first-order chi connectivity index (χ1) is 14.9. The number of esters is 1. The maximum absolute atomic E-state index is 12.5. The summed E-state index contributed by atoms with van der Waals surface area (Å²) in [6, 6.07) is 7.33. The second-order valence-corrected chi connectivity index (χ2v) is 15.7. The average molecular weight is 445 g/mol. The van der Waals surface area contributed by atoms with Gasteiger partial charge in [0.15, 0.2) is 0 Å². The largest absolute Gasteiger partial charge is 0.465 e. The van der Waals surface area contributed by atoms with Gasteiger partial charge in [0.2, 0.25) is 0 Å². The maximum Gasteiger partial charge on any atom is 0.338 e. The van der Waals surface area contributed by atoms with Crippen molar-refractivity contribution in [1.29, 1.82) is 0 Å². The maximum atomic E-state index is 12.5. The molecule has 31 heavy (non-hydrogen) atoms. The highest BCUT2D eigenvalue weighted by molar-refractivity contribution is 6.76. The molecular formula is C23H36N4O3Si. The second kappa shape index (κ2) is 9.40. The molecule has 3 aliphatic heterocycles. The first-order valence-electron chi connectivity index (χ1n) is 11.5. The molecular weight excluding hydrogens is 408 g/mol. The second-order valence-electron chi connectivity index (χ2n) is 10.1. The Morgan fingerprint density at radius 2 is 2.03 bits per heavy atom. The van der Waals surface area contributed by atoms with Crippen LogP contribution in [-0.2, 0) is 22.7 Å². The SMILES string of the molecule is COC(=O)c1cccc2c1c(CN[C@@H]1CN3CCC1CC3)nn2COCC[Si](C)(C)C. The Kier molecular flexibility index (Phi) is 6.81. The molecule has 0 saturated carbocycles. The number of rotatable bonds is 9. The van der Waals surface area contributed by atoms with Crippen molar-refractivity contribution in [2.24, 2.45) is 5.92 Å². The fraction of sp³-hybridized carbons (Fsp3) is 0.652. The summed E-state index contributed by atoms with van der Waals surface area (Å²) in [6.45, 7) is 12.4. The van der Waals surface area contributed by atoms with Crippen LogP contribution < -0.4 is 5.32 Å². The van der Waals surface area contributed by atoms with E-state index in [0.29, 0.717) is 24.9 Å². The summed E-state index contributed by atoms with van der Waals surface area (Å²) in [5, 5.41) is 9.48. The lowest BCUT2D eigenvalue weighted by Crippen LogP contribution is -2.55. The van der Waals surface area contributed by atoms with E-state index in [9.17, 15) is 4.79 Å². The number of benzene rings is 1. The van der Waals surface area contributed by atoms with Gasteiger partial charge in [0.1, 0.15) is 6.73 Å². The molecule has 1 aromatic carbocycles. The van der Waals surface area contributed by atoms with Gasteiger partial charge in [0, 0.05) is 39.2 Å². The summed E-state index contributed by atoms with van der Waals surface area (Å²) >= 11 is 0. The number of hydrogen-bond donors (Lipinski definition) is 1. The minimum absolute atomic E-state index is 0.325. The smallest absolute Gasteiger partial charge is 0.338 e. The quantitative estimate of drug-likeness (QED) is 0.364. The zero-order chi connectivity index (χ0) is 22.0. The van der Waals surface area contributed by atoms with Crippen LogP contribution in [0.5, 0.6) is 0 Å². The third-order valence-electron chi connectivity index (χ3n) is 6.65. The van der Waals surface area contributed by atoms with Gasteiger partial charge < -0.3 is 19.7 Å². The van der Waals surface area contributed by atoms with E-state index in [1.807, 2.05) is 22.9 Å². The average Bonchev–Trinajstić information content (AvgIpc) is 3.13.